The van der Waals surface area contributed by atoms with Gasteiger partial charge in [-0.15, -0.1) is 0 Å². The fourth-order valence-electron chi connectivity index (χ4n) is 2.56. The highest BCUT2D eigenvalue weighted by molar-refractivity contribution is 6.12. The van der Waals surface area contributed by atoms with E-state index >= 15 is 0 Å². The van der Waals surface area contributed by atoms with Crippen LogP contribution in [-0.2, 0) is 0 Å². The van der Waals surface area contributed by atoms with Gasteiger partial charge < -0.3 is 9.47 Å². The predicted octanol–water partition coefficient (Wildman–Crippen LogP) is 3.92. The lowest BCUT2D eigenvalue weighted by Gasteiger charge is -2.11. The van der Waals surface area contributed by atoms with Crippen LogP contribution in [-0.4, -0.2) is 19.1 Å². The van der Waals surface area contributed by atoms with Crippen molar-refractivity contribution in [3.05, 3.63) is 52.6 Å². The molecule has 0 saturated heterocycles. The Balaban J connectivity index is 2.49. The zero-order valence-electron chi connectivity index (χ0n) is 11.6. The highest BCUT2D eigenvalue weighted by atomic mass is 16.6. The van der Waals surface area contributed by atoms with Gasteiger partial charge in [0.15, 0.2) is 11.5 Å². The Labute approximate surface area is 120 Å². The number of nitrogens with zero attached hydrogens (tertiary/aromatic N) is 1. The summed E-state index contributed by atoms with van der Waals surface area (Å²) in [6, 6.07) is 12.5. The first kappa shape index (κ1) is 13.2. The molecule has 0 radical (unpaired) electrons. The Morgan fingerprint density at radius 3 is 2.14 bits per heavy atom. The van der Waals surface area contributed by atoms with Crippen molar-refractivity contribution < 1.29 is 14.4 Å². The lowest BCUT2D eigenvalue weighted by Crippen LogP contribution is -1.93. The van der Waals surface area contributed by atoms with E-state index in [0.717, 1.165) is 16.2 Å². The molecule has 0 bridgehead atoms. The first-order chi connectivity index (χ1) is 10.2. The molecule has 106 valence electrons. The highest BCUT2D eigenvalue weighted by Crippen LogP contribution is 2.39. The number of ether oxygens (including phenoxy) is 2. The van der Waals surface area contributed by atoms with Crippen LogP contribution in [0.4, 0.5) is 5.69 Å². The number of rotatable bonds is 3. The van der Waals surface area contributed by atoms with Crippen molar-refractivity contribution in [1.29, 1.82) is 0 Å². The van der Waals surface area contributed by atoms with Gasteiger partial charge in [-0.3, -0.25) is 10.1 Å². The predicted molar refractivity (Wildman–Crippen MR) is 81.2 cm³/mol. The van der Waals surface area contributed by atoms with Gasteiger partial charge in [-0.05, 0) is 34.4 Å². The van der Waals surface area contributed by atoms with Gasteiger partial charge in [0.25, 0.3) is 5.69 Å². The Bertz CT molecular complexity index is 858. The van der Waals surface area contributed by atoms with Crippen LogP contribution in [0.25, 0.3) is 21.5 Å². The van der Waals surface area contributed by atoms with Gasteiger partial charge in [0.1, 0.15) is 0 Å². The molecule has 3 aromatic rings. The lowest BCUT2D eigenvalue weighted by molar-refractivity contribution is -0.382. The third-order valence-corrected chi connectivity index (χ3v) is 3.54. The molecule has 0 saturated carbocycles. The minimum Gasteiger partial charge on any atom is -0.493 e. The molecule has 0 aliphatic carbocycles. The smallest absolute Gasteiger partial charge is 0.277 e. The van der Waals surface area contributed by atoms with Crippen LogP contribution in [0.15, 0.2) is 42.5 Å². The molecule has 0 atom stereocenters. The van der Waals surface area contributed by atoms with Crippen molar-refractivity contribution in [3.63, 3.8) is 0 Å². The molecule has 0 aromatic heterocycles. The normalized spacial score (nSPS) is 10.8. The summed E-state index contributed by atoms with van der Waals surface area (Å²) < 4.78 is 10.6. The molecule has 0 N–H and O–H groups in total. The maximum absolute atomic E-state index is 11.3. The Morgan fingerprint density at radius 1 is 0.905 bits per heavy atom. The standard InChI is InChI=1S/C16H13NO4/c1-20-15-8-10-7-14(17(18)19)12-6-4-3-5-11(12)13(10)9-16(15)21-2/h3-9H,1-2H3. The number of hydrogen-bond donors (Lipinski definition) is 0. The number of nitro groups is 1. The van der Waals surface area contributed by atoms with E-state index in [2.05, 4.69) is 0 Å². The van der Waals surface area contributed by atoms with E-state index in [-0.39, 0.29) is 10.6 Å². The van der Waals surface area contributed by atoms with E-state index in [1.165, 1.54) is 0 Å². The molecular weight excluding hydrogens is 270 g/mol. The molecule has 5 nitrogen and oxygen atoms in total. The van der Waals surface area contributed by atoms with E-state index in [9.17, 15) is 10.1 Å². The SMILES string of the molecule is COc1cc2cc([N+](=O)[O-])c3ccccc3c2cc1OC. The van der Waals surface area contributed by atoms with Crippen molar-refractivity contribution in [1.82, 2.24) is 0 Å². The zero-order chi connectivity index (χ0) is 15.0. The Morgan fingerprint density at radius 2 is 1.52 bits per heavy atom. The van der Waals surface area contributed by atoms with Crippen LogP contribution in [0.2, 0.25) is 0 Å². The molecular formula is C16H13NO4. The van der Waals surface area contributed by atoms with E-state index in [4.69, 9.17) is 9.47 Å². The zero-order valence-corrected chi connectivity index (χ0v) is 11.6. The van der Waals surface area contributed by atoms with Gasteiger partial charge >= 0.3 is 0 Å². The van der Waals surface area contributed by atoms with Gasteiger partial charge in [-0.1, -0.05) is 18.2 Å². The summed E-state index contributed by atoms with van der Waals surface area (Å²) in [6.07, 6.45) is 0. The average molecular weight is 283 g/mol. The van der Waals surface area contributed by atoms with Crippen molar-refractivity contribution in [2.75, 3.05) is 14.2 Å². The van der Waals surface area contributed by atoms with Crippen molar-refractivity contribution in [2.45, 2.75) is 0 Å². The monoisotopic (exact) mass is 283 g/mol. The van der Waals surface area contributed by atoms with Gasteiger partial charge in [0.2, 0.25) is 0 Å². The van der Waals surface area contributed by atoms with Gasteiger partial charge in [0, 0.05) is 6.07 Å². The van der Waals surface area contributed by atoms with Crippen LogP contribution >= 0.6 is 0 Å². The Kier molecular flexibility index (Phi) is 3.10. The van der Waals surface area contributed by atoms with Crippen molar-refractivity contribution in [2.24, 2.45) is 0 Å². The summed E-state index contributed by atoms with van der Waals surface area (Å²) in [4.78, 5) is 10.9. The molecule has 5 heteroatoms. The lowest BCUT2D eigenvalue weighted by atomic mass is 10.00. The minimum atomic E-state index is -0.363. The van der Waals surface area contributed by atoms with Gasteiger partial charge in [0.05, 0.1) is 24.5 Å². The van der Waals surface area contributed by atoms with Crippen LogP contribution in [0.3, 0.4) is 0 Å². The molecule has 0 heterocycles. The fraction of sp³-hybridized carbons (Fsp3) is 0.125. The number of hydrogen-bond acceptors (Lipinski definition) is 4. The highest BCUT2D eigenvalue weighted by Gasteiger charge is 2.16. The Hall–Kier alpha value is -2.82. The van der Waals surface area contributed by atoms with Crippen LogP contribution in [0.1, 0.15) is 0 Å². The quantitative estimate of drug-likeness (QED) is 0.415. The minimum absolute atomic E-state index is 0.0883. The third kappa shape index (κ3) is 2.03. The maximum atomic E-state index is 11.3. The number of nitro benzene ring substituents is 1. The second-order valence-corrected chi connectivity index (χ2v) is 4.63. The number of benzene rings is 3. The first-order valence-electron chi connectivity index (χ1n) is 6.37. The summed E-state index contributed by atoms with van der Waals surface area (Å²) in [5.41, 5.74) is 0.0883. The van der Waals surface area contributed by atoms with Crippen molar-refractivity contribution in [3.8, 4) is 11.5 Å². The second-order valence-electron chi connectivity index (χ2n) is 4.63. The largest absolute Gasteiger partial charge is 0.493 e. The molecule has 21 heavy (non-hydrogen) atoms. The second kappa shape index (κ2) is 4.94. The molecule has 0 unspecified atom stereocenters. The fourth-order valence-corrected chi connectivity index (χ4v) is 2.56. The molecule has 0 amide bonds. The summed E-state index contributed by atoms with van der Waals surface area (Å²) in [6.45, 7) is 0. The topological polar surface area (TPSA) is 61.6 Å². The summed E-state index contributed by atoms with van der Waals surface area (Å²) in [5.74, 6) is 1.15. The number of methoxy groups -OCH3 is 2. The number of non-ortho nitro benzene ring substituents is 1. The molecule has 0 aliphatic rings. The van der Waals surface area contributed by atoms with Crippen molar-refractivity contribution >= 4 is 27.2 Å². The van der Waals surface area contributed by atoms with E-state index in [1.54, 1.807) is 38.5 Å². The average Bonchev–Trinajstić information content (AvgIpc) is 2.52. The maximum Gasteiger partial charge on any atom is 0.277 e. The summed E-state index contributed by atoms with van der Waals surface area (Å²) in [5, 5.41) is 14.4. The molecule has 0 aliphatic heterocycles. The number of fused-ring (bicyclic) bond motifs is 3. The third-order valence-electron chi connectivity index (χ3n) is 3.54. The summed E-state index contributed by atoms with van der Waals surface area (Å²) in [7, 11) is 3.11. The van der Waals surface area contributed by atoms with E-state index in [0.29, 0.717) is 16.9 Å². The summed E-state index contributed by atoms with van der Waals surface area (Å²) >= 11 is 0. The van der Waals surface area contributed by atoms with E-state index < -0.39 is 0 Å². The van der Waals surface area contributed by atoms with Gasteiger partial charge in [-0.25, -0.2) is 0 Å². The first-order valence-corrected chi connectivity index (χ1v) is 6.37. The van der Waals surface area contributed by atoms with Crippen LogP contribution < -0.4 is 9.47 Å². The van der Waals surface area contributed by atoms with Crippen LogP contribution in [0, 0.1) is 10.1 Å². The molecule has 0 fully saturated rings. The van der Waals surface area contributed by atoms with Crippen LogP contribution in [0.5, 0.6) is 11.5 Å². The van der Waals surface area contributed by atoms with E-state index in [1.807, 2.05) is 18.2 Å². The molecule has 3 aromatic carbocycles. The van der Waals surface area contributed by atoms with Gasteiger partial charge in [-0.2, -0.15) is 0 Å². The molecule has 3 rings (SSSR count). The molecule has 0 spiro atoms.